The van der Waals surface area contributed by atoms with Crippen LogP contribution in [0.2, 0.25) is 0 Å². The highest BCUT2D eigenvalue weighted by molar-refractivity contribution is 5.61. The zero-order valence-electron chi connectivity index (χ0n) is 12.0. The van der Waals surface area contributed by atoms with Crippen molar-refractivity contribution in [1.82, 2.24) is 4.90 Å². The minimum atomic E-state index is 0.350. The summed E-state index contributed by atoms with van der Waals surface area (Å²) in [5.74, 6) is 1.10. The number of anilines is 1. The third-order valence-corrected chi connectivity index (χ3v) is 4.26. The van der Waals surface area contributed by atoms with Crippen molar-refractivity contribution >= 4 is 5.69 Å². The van der Waals surface area contributed by atoms with E-state index < -0.39 is 0 Å². The van der Waals surface area contributed by atoms with Gasteiger partial charge in [-0.15, -0.1) is 0 Å². The second-order valence-corrected chi connectivity index (χ2v) is 5.93. The molecule has 3 rings (SSSR count). The summed E-state index contributed by atoms with van der Waals surface area (Å²) in [6, 6.07) is 6.99. The molecular formula is C16H24N2O. The number of piperidine rings is 1. The molecule has 1 saturated heterocycles. The van der Waals surface area contributed by atoms with Gasteiger partial charge < -0.3 is 10.1 Å². The summed E-state index contributed by atoms with van der Waals surface area (Å²) in [6.45, 7) is 7.86. The van der Waals surface area contributed by atoms with E-state index in [9.17, 15) is 0 Å². The number of rotatable bonds is 3. The fraction of sp³-hybridized carbons (Fsp3) is 0.625. The molecule has 0 spiro atoms. The van der Waals surface area contributed by atoms with E-state index in [0.717, 1.165) is 25.3 Å². The van der Waals surface area contributed by atoms with Gasteiger partial charge in [0.1, 0.15) is 11.9 Å². The van der Waals surface area contributed by atoms with E-state index in [1.165, 1.54) is 30.6 Å². The van der Waals surface area contributed by atoms with Crippen molar-refractivity contribution in [3.63, 3.8) is 0 Å². The Bertz CT molecular complexity index is 444. The first-order chi connectivity index (χ1) is 9.24. The van der Waals surface area contributed by atoms with Gasteiger partial charge in [0.05, 0.1) is 0 Å². The lowest BCUT2D eigenvalue weighted by molar-refractivity contribution is 0.0702. The Morgan fingerprint density at radius 3 is 3.11 bits per heavy atom. The first kappa shape index (κ1) is 12.8. The van der Waals surface area contributed by atoms with Crippen molar-refractivity contribution in [2.75, 3.05) is 25.0 Å². The van der Waals surface area contributed by atoms with Gasteiger partial charge in [-0.1, -0.05) is 6.07 Å². The number of benzene rings is 1. The molecule has 1 fully saturated rings. The van der Waals surface area contributed by atoms with E-state index in [0.29, 0.717) is 12.1 Å². The van der Waals surface area contributed by atoms with Gasteiger partial charge in [0.25, 0.3) is 0 Å². The zero-order valence-corrected chi connectivity index (χ0v) is 12.0. The Morgan fingerprint density at radius 1 is 1.37 bits per heavy atom. The molecule has 1 aromatic carbocycles. The van der Waals surface area contributed by atoms with Crippen molar-refractivity contribution < 1.29 is 4.74 Å². The van der Waals surface area contributed by atoms with Crippen LogP contribution in [0.4, 0.5) is 5.69 Å². The molecule has 1 aromatic rings. The smallest absolute Gasteiger partial charge is 0.125 e. The number of nitrogens with one attached hydrogen (secondary N) is 1. The summed E-state index contributed by atoms with van der Waals surface area (Å²) in [7, 11) is 0. The summed E-state index contributed by atoms with van der Waals surface area (Å²) in [4.78, 5) is 2.52. The molecule has 3 heteroatoms. The van der Waals surface area contributed by atoms with Crippen LogP contribution in [0.25, 0.3) is 0 Å². The van der Waals surface area contributed by atoms with Gasteiger partial charge in [-0.2, -0.15) is 0 Å². The Morgan fingerprint density at radius 2 is 2.26 bits per heavy atom. The van der Waals surface area contributed by atoms with Crippen molar-refractivity contribution in [3.8, 4) is 5.75 Å². The van der Waals surface area contributed by atoms with Crippen LogP contribution in [0.5, 0.6) is 5.75 Å². The molecule has 2 aliphatic rings. The van der Waals surface area contributed by atoms with E-state index in [1.807, 2.05) is 0 Å². The second-order valence-electron chi connectivity index (χ2n) is 5.93. The predicted molar refractivity (Wildman–Crippen MR) is 79.0 cm³/mol. The monoisotopic (exact) mass is 260 g/mol. The third-order valence-electron chi connectivity index (χ3n) is 4.26. The molecule has 19 heavy (non-hydrogen) atoms. The van der Waals surface area contributed by atoms with Gasteiger partial charge in [-0.05, 0) is 51.8 Å². The molecule has 0 radical (unpaired) electrons. The topological polar surface area (TPSA) is 24.5 Å². The van der Waals surface area contributed by atoms with Gasteiger partial charge >= 0.3 is 0 Å². The molecule has 1 N–H and O–H groups in total. The molecule has 0 bridgehead atoms. The number of nitrogens with zero attached hydrogens (tertiary/aromatic N) is 1. The van der Waals surface area contributed by atoms with Gasteiger partial charge in [-0.25, -0.2) is 0 Å². The molecule has 0 aliphatic carbocycles. The highest BCUT2D eigenvalue weighted by Gasteiger charge is 2.24. The Hall–Kier alpha value is -1.22. The molecule has 0 aromatic heterocycles. The SMILES string of the molecule is CC(C)N1CCCC(Oc2cccc3c2CCN3)C1. The first-order valence-corrected chi connectivity index (χ1v) is 7.50. The van der Waals surface area contributed by atoms with Gasteiger partial charge in [0.15, 0.2) is 0 Å². The molecule has 0 amide bonds. The van der Waals surface area contributed by atoms with Crippen LogP contribution in [-0.4, -0.2) is 36.7 Å². The molecular weight excluding hydrogens is 236 g/mol. The standard InChI is InChI=1S/C16H24N2O/c1-12(2)18-10-4-5-13(11-18)19-16-7-3-6-15-14(16)8-9-17-15/h3,6-7,12-13,17H,4-5,8-11H2,1-2H3. The largest absolute Gasteiger partial charge is 0.489 e. The second kappa shape index (κ2) is 5.41. The average molecular weight is 260 g/mol. The molecule has 2 aliphatic heterocycles. The highest BCUT2D eigenvalue weighted by Crippen LogP contribution is 2.32. The van der Waals surface area contributed by atoms with Crippen molar-refractivity contribution in [2.24, 2.45) is 0 Å². The van der Waals surface area contributed by atoms with Crippen LogP contribution in [0.1, 0.15) is 32.3 Å². The Labute approximate surface area is 115 Å². The third kappa shape index (κ3) is 2.71. The lowest BCUT2D eigenvalue weighted by Crippen LogP contribution is -2.44. The average Bonchev–Trinajstić information content (AvgIpc) is 2.88. The quantitative estimate of drug-likeness (QED) is 0.904. The summed E-state index contributed by atoms with van der Waals surface area (Å²) in [5, 5.41) is 3.41. The van der Waals surface area contributed by atoms with Crippen LogP contribution in [0.3, 0.4) is 0 Å². The number of fused-ring (bicyclic) bond motifs is 1. The van der Waals surface area contributed by atoms with Crippen molar-refractivity contribution in [1.29, 1.82) is 0 Å². The minimum absolute atomic E-state index is 0.350. The molecule has 3 nitrogen and oxygen atoms in total. The fourth-order valence-corrected chi connectivity index (χ4v) is 3.13. The number of hydrogen-bond donors (Lipinski definition) is 1. The maximum Gasteiger partial charge on any atom is 0.125 e. The molecule has 2 heterocycles. The van der Waals surface area contributed by atoms with Crippen molar-refractivity contribution in [2.45, 2.75) is 45.3 Å². The van der Waals surface area contributed by atoms with Crippen molar-refractivity contribution in [3.05, 3.63) is 23.8 Å². The molecule has 104 valence electrons. The number of likely N-dealkylation sites (tertiary alicyclic amines) is 1. The maximum absolute atomic E-state index is 6.30. The molecule has 1 unspecified atom stereocenters. The van der Waals surface area contributed by atoms with Crippen LogP contribution in [0, 0.1) is 0 Å². The lowest BCUT2D eigenvalue weighted by atomic mass is 10.1. The van der Waals surface area contributed by atoms with Gasteiger partial charge in [0, 0.05) is 30.4 Å². The summed E-state index contributed by atoms with van der Waals surface area (Å²) in [6.07, 6.45) is 3.87. The van der Waals surface area contributed by atoms with Crippen LogP contribution in [-0.2, 0) is 6.42 Å². The number of ether oxygens (including phenoxy) is 1. The van der Waals surface area contributed by atoms with E-state index in [-0.39, 0.29) is 0 Å². The normalized spacial score (nSPS) is 23.2. The summed E-state index contributed by atoms with van der Waals surface area (Å²) >= 11 is 0. The van der Waals surface area contributed by atoms with E-state index >= 15 is 0 Å². The number of hydrogen-bond acceptors (Lipinski definition) is 3. The maximum atomic E-state index is 6.30. The first-order valence-electron chi connectivity index (χ1n) is 7.50. The van der Waals surface area contributed by atoms with Gasteiger partial charge in [-0.3, -0.25) is 4.90 Å². The fourth-order valence-electron chi connectivity index (χ4n) is 3.13. The lowest BCUT2D eigenvalue weighted by Gasteiger charge is -2.35. The van der Waals surface area contributed by atoms with Crippen LogP contribution in [0.15, 0.2) is 18.2 Å². The Kier molecular flexibility index (Phi) is 3.65. The summed E-state index contributed by atoms with van der Waals surface area (Å²) in [5.41, 5.74) is 2.62. The van der Waals surface area contributed by atoms with E-state index in [2.05, 4.69) is 42.3 Å². The van der Waals surface area contributed by atoms with Crippen LogP contribution >= 0.6 is 0 Å². The predicted octanol–water partition coefficient (Wildman–Crippen LogP) is 2.91. The zero-order chi connectivity index (χ0) is 13.2. The minimum Gasteiger partial charge on any atom is -0.489 e. The molecule has 0 saturated carbocycles. The summed E-state index contributed by atoms with van der Waals surface area (Å²) < 4.78 is 6.30. The highest BCUT2D eigenvalue weighted by atomic mass is 16.5. The van der Waals surface area contributed by atoms with Crippen LogP contribution < -0.4 is 10.1 Å². The Balaban J connectivity index is 1.70. The van der Waals surface area contributed by atoms with Gasteiger partial charge in [0.2, 0.25) is 0 Å². The molecule has 1 atom stereocenters. The van der Waals surface area contributed by atoms with E-state index in [1.54, 1.807) is 0 Å². The van der Waals surface area contributed by atoms with E-state index in [4.69, 9.17) is 4.74 Å².